The molecule has 0 aromatic heterocycles. The van der Waals surface area contributed by atoms with E-state index in [2.05, 4.69) is 0 Å². The molecule has 3 nitrogen and oxygen atoms in total. The zero-order valence-electron chi connectivity index (χ0n) is 8.08. The van der Waals surface area contributed by atoms with Crippen LogP contribution in [0, 0.1) is 0 Å². The molecular weight excluding hydrogens is 164 g/mol. The lowest BCUT2D eigenvalue weighted by Crippen LogP contribution is -2.33. The third-order valence-corrected chi connectivity index (χ3v) is 2.34. The Balaban J connectivity index is 3.05. The summed E-state index contributed by atoms with van der Waals surface area (Å²) in [5.41, 5.74) is 12.6. The predicted molar refractivity (Wildman–Crippen MR) is 54.3 cm³/mol. The van der Waals surface area contributed by atoms with Gasteiger partial charge in [-0.15, -0.1) is 0 Å². The zero-order chi connectivity index (χ0) is 9.90. The van der Waals surface area contributed by atoms with Crippen molar-refractivity contribution in [2.45, 2.75) is 12.5 Å². The lowest BCUT2D eigenvalue weighted by molar-refractivity contribution is 0.0101. The molecule has 0 heterocycles. The second-order valence-electron chi connectivity index (χ2n) is 3.26. The van der Waals surface area contributed by atoms with E-state index < -0.39 is 5.60 Å². The molecule has 0 aliphatic carbocycles. The third-order valence-electron chi connectivity index (χ3n) is 2.34. The SMILES string of the molecule is COC(C)(CN)c1cccc(N)c1. The van der Waals surface area contributed by atoms with Crippen molar-refractivity contribution in [3.63, 3.8) is 0 Å². The molecular formula is C10H16N2O. The van der Waals surface area contributed by atoms with Crippen LogP contribution in [0.25, 0.3) is 0 Å². The molecule has 1 aromatic rings. The largest absolute Gasteiger partial charge is 0.399 e. The number of nitrogen functional groups attached to an aromatic ring is 1. The van der Waals surface area contributed by atoms with E-state index in [0.717, 1.165) is 11.3 Å². The summed E-state index contributed by atoms with van der Waals surface area (Å²) in [4.78, 5) is 0. The van der Waals surface area contributed by atoms with Gasteiger partial charge in [-0.25, -0.2) is 0 Å². The topological polar surface area (TPSA) is 61.3 Å². The van der Waals surface area contributed by atoms with Crippen molar-refractivity contribution in [3.05, 3.63) is 29.8 Å². The van der Waals surface area contributed by atoms with Gasteiger partial charge < -0.3 is 16.2 Å². The monoisotopic (exact) mass is 180 g/mol. The number of anilines is 1. The Hall–Kier alpha value is -1.06. The number of nitrogens with two attached hydrogens (primary N) is 2. The van der Waals surface area contributed by atoms with Crippen LogP contribution in [0.4, 0.5) is 5.69 Å². The van der Waals surface area contributed by atoms with E-state index in [-0.39, 0.29) is 0 Å². The van der Waals surface area contributed by atoms with Crippen LogP contribution in [-0.4, -0.2) is 13.7 Å². The fourth-order valence-electron chi connectivity index (χ4n) is 1.19. The Kier molecular flexibility index (Phi) is 2.90. The summed E-state index contributed by atoms with van der Waals surface area (Å²) in [6, 6.07) is 7.59. The van der Waals surface area contributed by atoms with Gasteiger partial charge in [0.15, 0.2) is 0 Å². The summed E-state index contributed by atoms with van der Waals surface area (Å²) in [5, 5.41) is 0. The van der Waals surface area contributed by atoms with Crippen LogP contribution in [0.1, 0.15) is 12.5 Å². The minimum absolute atomic E-state index is 0.435. The molecule has 1 atom stereocenters. The van der Waals surface area contributed by atoms with Gasteiger partial charge >= 0.3 is 0 Å². The van der Waals surface area contributed by atoms with Gasteiger partial charge in [0, 0.05) is 19.3 Å². The summed E-state index contributed by atoms with van der Waals surface area (Å²) >= 11 is 0. The van der Waals surface area contributed by atoms with Crippen molar-refractivity contribution >= 4 is 5.69 Å². The molecule has 13 heavy (non-hydrogen) atoms. The van der Waals surface area contributed by atoms with Crippen molar-refractivity contribution in [1.82, 2.24) is 0 Å². The van der Waals surface area contributed by atoms with E-state index >= 15 is 0 Å². The van der Waals surface area contributed by atoms with Gasteiger partial charge in [-0.3, -0.25) is 0 Å². The molecule has 0 amide bonds. The lowest BCUT2D eigenvalue weighted by atomic mass is 9.95. The van der Waals surface area contributed by atoms with Crippen LogP contribution in [0.5, 0.6) is 0 Å². The highest BCUT2D eigenvalue weighted by Gasteiger charge is 2.23. The van der Waals surface area contributed by atoms with Crippen LogP contribution in [0.15, 0.2) is 24.3 Å². The average molecular weight is 180 g/mol. The first kappa shape index (κ1) is 10.0. The predicted octanol–water partition coefficient (Wildman–Crippen LogP) is 1.09. The maximum absolute atomic E-state index is 5.67. The minimum atomic E-state index is -0.435. The molecule has 0 fully saturated rings. The average Bonchev–Trinajstić information content (AvgIpc) is 2.17. The van der Waals surface area contributed by atoms with Gasteiger partial charge in [0.1, 0.15) is 5.60 Å². The highest BCUT2D eigenvalue weighted by atomic mass is 16.5. The van der Waals surface area contributed by atoms with Crippen molar-refractivity contribution in [2.24, 2.45) is 5.73 Å². The summed E-state index contributed by atoms with van der Waals surface area (Å²) in [6.07, 6.45) is 0. The Labute approximate surface area is 78.7 Å². The fraction of sp³-hybridized carbons (Fsp3) is 0.400. The number of rotatable bonds is 3. The fourth-order valence-corrected chi connectivity index (χ4v) is 1.19. The molecule has 0 radical (unpaired) electrons. The smallest absolute Gasteiger partial charge is 0.102 e. The summed E-state index contributed by atoms with van der Waals surface area (Å²) in [5.74, 6) is 0. The molecule has 0 aliphatic rings. The van der Waals surface area contributed by atoms with Gasteiger partial charge in [0.05, 0.1) is 0 Å². The Morgan fingerprint density at radius 3 is 2.62 bits per heavy atom. The highest BCUT2D eigenvalue weighted by Crippen LogP contribution is 2.24. The summed E-state index contributed by atoms with van der Waals surface area (Å²) < 4.78 is 5.35. The van der Waals surface area contributed by atoms with Crippen LogP contribution in [0.2, 0.25) is 0 Å². The molecule has 0 spiro atoms. The quantitative estimate of drug-likeness (QED) is 0.684. The molecule has 1 rings (SSSR count). The van der Waals surface area contributed by atoms with Gasteiger partial charge in [-0.1, -0.05) is 12.1 Å². The number of hydrogen-bond acceptors (Lipinski definition) is 3. The van der Waals surface area contributed by atoms with E-state index in [1.54, 1.807) is 7.11 Å². The molecule has 0 saturated carbocycles. The summed E-state index contributed by atoms with van der Waals surface area (Å²) in [7, 11) is 1.65. The molecule has 72 valence electrons. The minimum Gasteiger partial charge on any atom is -0.399 e. The van der Waals surface area contributed by atoms with Crippen molar-refractivity contribution in [2.75, 3.05) is 19.4 Å². The number of methoxy groups -OCH3 is 1. The molecule has 0 aliphatic heterocycles. The zero-order valence-corrected chi connectivity index (χ0v) is 8.08. The van der Waals surface area contributed by atoms with Crippen LogP contribution in [-0.2, 0) is 10.3 Å². The first-order chi connectivity index (χ1) is 6.12. The maximum atomic E-state index is 5.67. The van der Waals surface area contributed by atoms with Gasteiger partial charge in [-0.2, -0.15) is 0 Å². The number of ether oxygens (including phenoxy) is 1. The van der Waals surface area contributed by atoms with Crippen LogP contribution in [0.3, 0.4) is 0 Å². The van der Waals surface area contributed by atoms with Crippen molar-refractivity contribution in [1.29, 1.82) is 0 Å². The molecule has 1 aromatic carbocycles. The number of hydrogen-bond donors (Lipinski definition) is 2. The Bertz CT molecular complexity index is 282. The highest BCUT2D eigenvalue weighted by molar-refractivity contribution is 5.42. The Morgan fingerprint density at radius 2 is 2.15 bits per heavy atom. The normalized spacial score (nSPS) is 15.3. The second-order valence-corrected chi connectivity index (χ2v) is 3.26. The number of benzene rings is 1. The van der Waals surface area contributed by atoms with E-state index in [1.165, 1.54) is 0 Å². The van der Waals surface area contributed by atoms with Gasteiger partial charge in [0.25, 0.3) is 0 Å². The van der Waals surface area contributed by atoms with E-state index in [4.69, 9.17) is 16.2 Å². The van der Waals surface area contributed by atoms with E-state index in [9.17, 15) is 0 Å². The molecule has 3 heteroatoms. The standard InChI is InChI=1S/C10H16N2O/c1-10(7-11,13-2)8-4-3-5-9(12)6-8/h3-6H,7,11-12H2,1-2H3. The second kappa shape index (κ2) is 3.77. The van der Waals surface area contributed by atoms with Gasteiger partial charge in [0.2, 0.25) is 0 Å². The maximum Gasteiger partial charge on any atom is 0.102 e. The van der Waals surface area contributed by atoms with Gasteiger partial charge in [-0.05, 0) is 24.6 Å². The molecule has 4 N–H and O–H groups in total. The summed E-state index contributed by atoms with van der Waals surface area (Å²) in [6.45, 7) is 2.38. The third kappa shape index (κ3) is 1.99. The van der Waals surface area contributed by atoms with E-state index in [0.29, 0.717) is 6.54 Å². The van der Waals surface area contributed by atoms with Crippen molar-refractivity contribution < 1.29 is 4.74 Å². The van der Waals surface area contributed by atoms with Crippen molar-refractivity contribution in [3.8, 4) is 0 Å². The first-order valence-electron chi connectivity index (χ1n) is 4.23. The molecule has 1 unspecified atom stereocenters. The van der Waals surface area contributed by atoms with Crippen LogP contribution < -0.4 is 11.5 Å². The van der Waals surface area contributed by atoms with E-state index in [1.807, 2.05) is 31.2 Å². The first-order valence-corrected chi connectivity index (χ1v) is 4.23. The lowest BCUT2D eigenvalue weighted by Gasteiger charge is -2.27. The van der Waals surface area contributed by atoms with Crippen LogP contribution >= 0.6 is 0 Å². The molecule has 0 saturated heterocycles. The molecule has 0 bridgehead atoms. The Morgan fingerprint density at radius 1 is 1.46 bits per heavy atom.